The van der Waals surface area contributed by atoms with E-state index in [2.05, 4.69) is 21.0 Å². The van der Waals surface area contributed by atoms with Crippen LogP contribution in [0.2, 0.25) is 0 Å². The summed E-state index contributed by atoms with van der Waals surface area (Å²) >= 11 is 0. The van der Waals surface area contributed by atoms with Crippen LogP contribution < -0.4 is 0 Å². The Bertz CT molecular complexity index is 684. The molecule has 3 heterocycles. The Morgan fingerprint density at radius 1 is 1.32 bits per heavy atom. The van der Waals surface area contributed by atoms with Crippen LogP contribution in [0.25, 0.3) is 0 Å². The van der Waals surface area contributed by atoms with Gasteiger partial charge in [0.05, 0.1) is 0 Å². The molecule has 0 saturated carbocycles. The molecule has 6 nitrogen and oxygen atoms in total. The molecule has 2 aromatic rings. The van der Waals surface area contributed by atoms with Crippen molar-refractivity contribution in [2.45, 2.75) is 32.2 Å². The van der Waals surface area contributed by atoms with Crippen molar-refractivity contribution in [3.05, 3.63) is 47.5 Å². The van der Waals surface area contributed by atoms with Crippen LogP contribution >= 0.6 is 0 Å². The minimum absolute atomic E-state index is 0.0237. The van der Waals surface area contributed by atoms with E-state index in [1.54, 1.807) is 4.68 Å². The number of hydrogen-bond acceptors (Lipinski definition) is 4. The van der Waals surface area contributed by atoms with E-state index in [4.69, 9.17) is 0 Å². The highest BCUT2D eigenvalue weighted by Crippen LogP contribution is 2.18. The molecule has 1 fully saturated rings. The highest BCUT2D eigenvalue weighted by molar-refractivity contribution is 5.92. The number of amides is 1. The lowest BCUT2D eigenvalue weighted by Gasteiger charge is -2.36. The molecule has 3 rings (SSSR count). The first kappa shape index (κ1) is 17.6. The van der Waals surface area contributed by atoms with E-state index in [-0.39, 0.29) is 5.91 Å². The van der Waals surface area contributed by atoms with Gasteiger partial charge in [-0.25, -0.2) is 0 Å². The number of likely N-dealkylation sites (tertiary alicyclic amines) is 1. The van der Waals surface area contributed by atoms with E-state index in [1.807, 2.05) is 50.3 Å². The second-order valence-electron chi connectivity index (χ2n) is 6.85. The lowest BCUT2D eigenvalue weighted by Crippen LogP contribution is -2.46. The van der Waals surface area contributed by atoms with E-state index in [1.165, 1.54) is 0 Å². The lowest BCUT2D eigenvalue weighted by molar-refractivity contribution is 0.0637. The topological polar surface area (TPSA) is 54.3 Å². The quantitative estimate of drug-likeness (QED) is 0.833. The Hall–Kier alpha value is -2.21. The van der Waals surface area contributed by atoms with Gasteiger partial charge in [0.25, 0.3) is 5.91 Å². The fourth-order valence-electron chi connectivity index (χ4n) is 3.36. The molecule has 0 radical (unpaired) electrons. The van der Waals surface area contributed by atoms with Crippen LogP contribution in [0.5, 0.6) is 0 Å². The van der Waals surface area contributed by atoms with Crippen LogP contribution in [0.1, 0.15) is 34.7 Å². The summed E-state index contributed by atoms with van der Waals surface area (Å²) in [4.78, 5) is 21.4. The predicted octanol–water partition coefficient (Wildman–Crippen LogP) is 1.90. The molecule has 0 atom stereocenters. The number of carbonyl (C=O) groups is 1. The average Bonchev–Trinajstić information content (AvgIpc) is 2.99. The molecule has 2 aromatic heterocycles. The van der Waals surface area contributed by atoms with Gasteiger partial charge >= 0.3 is 0 Å². The molecule has 1 aliphatic rings. The lowest BCUT2D eigenvalue weighted by atomic mass is 10.0. The summed E-state index contributed by atoms with van der Waals surface area (Å²) < 4.78 is 1.75. The first-order chi connectivity index (χ1) is 12.0. The van der Waals surface area contributed by atoms with Gasteiger partial charge in [0.15, 0.2) is 5.69 Å². The highest BCUT2D eigenvalue weighted by atomic mass is 16.2. The van der Waals surface area contributed by atoms with Crippen LogP contribution in [0, 0.1) is 6.92 Å². The summed E-state index contributed by atoms with van der Waals surface area (Å²) in [6, 6.07) is 8.22. The van der Waals surface area contributed by atoms with Crippen molar-refractivity contribution in [3.63, 3.8) is 0 Å². The van der Waals surface area contributed by atoms with Gasteiger partial charge < -0.3 is 9.80 Å². The van der Waals surface area contributed by atoms with Gasteiger partial charge in [0, 0.05) is 63.8 Å². The smallest absolute Gasteiger partial charge is 0.274 e. The molecular formula is C19H27N5O. The third kappa shape index (κ3) is 4.25. The number of nitrogens with zero attached hydrogens (tertiary/aromatic N) is 5. The molecule has 0 bridgehead atoms. The third-order valence-corrected chi connectivity index (χ3v) is 5.17. The second kappa shape index (κ2) is 7.78. The fraction of sp³-hybridized carbons (Fsp3) is 0.526. The Balaban J connectivity index is 1.48. The Labute approximate surface area is 149 Å². The maximum absolute atomic E-state index is 12.6. The summed E-state index contributed by atoms with van der Waals surface area (Å²) in [5.74, 6) is 0.0237. The molecule has 0 unspecified atom stereocenters. The van der Waals surface area contributed by atoms with Gasteiger partial charge in [0.2, 0.25) is 0 Å². The summed E-state index contributed by atoms with van der Waals surface area (Å²) in [5.41, 5.74) is 2.68. The second-order valence-corrected chi connectivity index (χ2v) is 6.85. The normalized spacial score (nSPS) is 16.1. The molecule has 6 heteroatoms. The van der Waals surface area contributed by atoms with Gasteiger partial charge in [0.1, 0.15) is 0 Å². The van der Waals surface area contributed by atoms with Crippen LogP contribution in [0.3, 0.4) is 0 Å². The molecule has 0 spiro atoms. The minimum Gasteiger partial charge on any atom is -0.337 e. The Kier molecular flexibility index (Phi) is 5.48. The maximum atomic E-state index is 12.6. The fourth-order valence-corrected chi connectivity index (χ4v) is 3.36. The van der Waals surface area contributed by atoms with Crippen molar-refractivity contribution in [3.8, 4) is 0 Å². The predicted molar refractivity (Wildman–Crippen MR) is 97.4 cm³/mol. The van der Waals surface area contributed by atoms with Gasteiger partial charge in [-0.15, -0.1) is 0 Å². The van der Waals surface area contributed by atoms with E-state index >= 15 is 0 Å². The standard InChI is InChI=1S/C19H27N5O/c1-15-14-18(21-23(15)3)19(25)22(2)17-8-12-24(13-9-17)11-7-16-6-4-5-10-20-16/h4-6,10,14,17H,7-9,11-13H2,1-3H3. The first-order valence-corrected chi connectivity index (χ1v) is 8.94. The van der Waals surface area contributed by atoms with Crippen LogP contribution in [0.15, 0.2) is 30.5 Å². The van der Waals surface area contributed by atoms with E-state index < -0.39 is 0 Å². The summed E-state index contributed by atoms with van der Waals surface area (Å²) in [6.07, 6.45) is 4.85. The third-order valence-electron chi connectivity index (χ3n) is 5.17. The Morgan fingerprint density at radius 3 is 2.68 bits per heavy atom. The van der Waals surface area contributed by atoms with Crippen LogP contribution in [-0.4, -0.2) is 63.2 Å². The molecule has 134 valence electrons. The molecule has 0 N–H and O–H groups in total. The zero-order valence-electron chi connectivity index (χ0n) is 15.4. The number of aryl methyl sites for hydroxylation is 2. The van der Waals surface area contributed by atoms with Gasteiger partial charge in [-0.2, -0.15) is 5.10 Å². The highest BCUT2D eigenvalue weighted by Gasteiger charge is 2.27. The molecule has 0 aliphatic carbocycles. The number of pyridine rings is 1. The summed E-state index contributed by atoms with van der Waals surface area (Å²) in [7, 11) is 3.77. The van der Waals surface area contributed by atoms with Gasteiger partial charge in [-0.05, 0) is 38.0 Å². The number of hydrogen-bond donors (Lipinski definition) is 0. The van der Waals surface area contributed by atoms with Crippen molar-refractivity contribution < 1.29 is 4.79 Å². The number of rotatable bonds is 5. The Morgan fingerprint density at radius 2 is 2.08 bits per heavy atom. The summed E-state index contributed by atoms with van der Waals surface area (Å²) in [6.45, 7) is 5.04. The minimum atomic E-state index is 0.0237. The summed E-state index contributed by atoms with van der Waals surface area (Å²) in [5, 5.41) is 4.31. The number of piperidine rings is 1. The van der Waals surface area contributed by atoms with Crippen LogP contribution in [0.4, 0.5) is 0 Å². The van der Waals surface area contributed by atoms with Crippen LogP contribution in [-0.2, 0) is 13.5 Å². The van der Waals surface area contributed by atoms with E-state index in [0.29, 0.717) is 11.7 Å². The number of aromatic nitrogens is 3. The zero-order chi connectivity index (χ0) is 17.8. The molecule has 25 heavy (non-hydrogen) atoms. The van der Waals surface area contributed by atoms with E-state index in [0.717, 1.165) is 50.3 Å². The van der Waals surface area contributed by atoms with Crippen molar-refractivity contribution >= 4 is 5.91 Å². The van der Waals surface area contributed by atoms with Crippen molar-refractivity contribution in [2.24, 2.45) is 7.05 Å². The molecule has 1 aliphatic heterocycles. The van der Waals surface area contributed by atoms with Crippen molar-refractivity contribution in [1.82, 2.24) is 24.6 Å². The first-order valence-electron chi connectivity index (χ1n) is 8.94. The zero-order valence-corrected chi connectivity index (χ0v) is 15.4. The number of carbonyl (C=O) groups excluding carboxylic acids is 1. The maximum Gasteiger partial charge on any atom is 0.274 e. The van der Waals surface area contributed by atoms with Gasteiger partial charge in [-0.1, -0.05) is 6.07 Å². The molecule has 1 amide bonds. The largest absolute Gasteiger partial charge is 0.337 e. The molecule has 1 saturated heterocycles. The average molecular weight is 341 g/mol. The monoisotopic (exact) mass is 341 g/mol. The SMILES string of the molecule is Cc1cc(C(=O)N(C)C2CCN(CCc3ccccn3)CC2)nn1C. The van der Waals surface area contributed by atoms with Crippen molar-refractivity contribution in [2.75, 3.05) is 26.7 Å². The molecule has 0 aromatic carbocycles. The van der Waals surface area contributed by atoms with Gasteiger partial charge in [-0.3, -0.25) is 14.5 Å². The van der Waals surface area contributed by atoms with Crippen molar-refractivity contribution in [1.29, 1.82) is 0 Å². The molecular weight excluding hydrogens is 314 g/mol. The van der Waals surface area contributed by atoms with E-state index in [9.17, 15) is 4.79 Å².